The van der Waals surface area contributed by atoms with Gasteiger partial charge in [0.25, 0.3) is 5.91 Å². The maximum absolute atomic E-state index is 12.6. The lowest BCUT2D eigenvalue weighted by Crippen LogP contribution is -2.28. The van der Waals surface area contributed by atoms with Crippen LogP contribution in [0.3, 0.4) is 0 Å². The molecule has 0 aliphatic heterocycles. The van der Waals surface area contributed by atoms with Gasteiger partial charge in [0, 0.05) is 23.2 Å². The van der Waals surface area contributed by atoms with Gasteiger partial charge in [-0.3, -0.25) is 14.6 Å². The van der Waals surface area contributed by atoms with E-state index in [0.29, 0.717) is 5.69 Å². The zero-order valence-electron chi connectivity index (χ0n) is 15.0. The van der Waals surface area contributed by atoms with Gasteiger partial charge in [-0.15, -0.1) is 11.3 Å². The molecule has 1 atom stereocenters. The molecule has 0 aliphatic carbocycles. The number of rotatable bonds is 6. The summed E-state index contributed by atoms with van der Waals surface area (Å²) in [5.74, 6) is -0.134. The number of thiophene rings is 1. The topological polar surface area (TPSA) is 75.6 Å². The summed E-state index contributed by atoms with van der Waals surface area (Å²) in [6, 6.07) is 5.90. The molecule has 1 unspecified atom stereocenters. The third kappa shape index (κ3) is 3.51. The molecule has 1 amide bonds. The fraction of sp³-hybridized carbons (Fsp3) is 0.389. The molecular weight excluding hydrogens is 334 g/mol. The van der Waals surface area contributed by atoms with E-state index in [4.69, 9.17) is 0 Å². The highest BCUT2D eigenvalue weighted by Crippen LogP contribution is 2.26. The molecule has 25 heavy (non-hydrogen) atoms. The van der Waals surface area contributed by atoms with Gasteiger partial charge in [0.05, 0.1) is 17.4 Å². The van der Waals surface area contributed by atoms with Crippen LogP contribution in [0.2, 0.25) is 0 Å². The van der Waals surface area contributed by atoms with E-state index < -0.39 is 0 Å². The monoisotopic (exact) mass is 357 g/mol. The molecule has 3 rings (SSSR count). The number of H-pyrrole nitrogens is 1. The second-order valence-electron chi connectivity index (χ2n) is 6.17. The van der Waals surface area contributed by atoms with Gasteiger partial charge in [-0.1, -0.05) is 19.4 Å². The van der Waals surface area contributed by atoms with Crippen LogP contribution in [-0.4, -0.2) is 25.9 Å². The molecule has 7 heteroatoms. The highest BCUT2D eigenvalue weighted by molar-refractivity contribution is 7.10. The zero-order chi connectivity index (χ0) is 18.0. The van der Waals surface area contributed by atoms with Crippen molar-refractivity contribution in [2.24, 2.45) is 7.05 Å². The van der Waals surface area contributed by atoms with Gasteiger partial charge >= 0.3 is 0 Å². The summed E-state index contributed by atoms with van der Waals surface area (Å²) in [4.78, 5) is 13.8. The summed E-state index contributed by atoms with van der Waals surface area (Å²) in [5.41, 5.74) is 4.12. The van der Waals surface area contributed by atoms with Crippen molar-refractivity contribution < 1.29 is 4.79 Å². The zero-order valence-corrected chi connectivity index (χ0v) is 15.8. The normalized spacial score (nSPS) is 12.3. The van der Waals surface area contributed by atoms with Crippen molar-refractivity contribution in [1.29, 1.82) is 0 Å². The van der Waals surface area contributed by atoms with E-state index in [2.05, 4.69) is 33.6 Å². The number of hydrogen-bond donors (Lipinski definition) is 2. The van der Waals surface area contributed by atoms with E-state index in [9.17, 15) is 4.79 Å². The maximum Gasteiger partial charge on any atom is 0.269 e. The number of aromatic amines is 1. The van der Waals surface area contributed by atoms with E-state index in [0.717, 1.165) is 35.5 Å². The number of aromatic nitrogens is 4. The molecule has 0 saturated heterocycles. The van der Waals surface area contributed by atoms with Crippen molar-refractivity contribution in [3.05, 3.63) is 45.5 Å². The second kappa shape index (κ2) is 7.23. The van der Waals surface area contributed by atoms with Gasteiger partial charge < -0.3 is 5.32 Å². The first kappa shape index (κ1) is 17.4. The predicted octanol–water partition coefficient (Wildman–Crippen LogP) is 3.76. The summed E-state index contributed by atoms with van der Waals surface area (Å²) in [5, 5.41) is 16.7. The number of nitrogens with one attached hydrogen (secondary N) is 2. The Morgan fingerprint density at radius 2 is 2.24 bits per heavy atom. The largest absolute Gasteiger partial charge is 0.343 e. The van der Waals surface area contributed by atoms with Crippen LogP contribution in [-0.2, 0) is 7.05 Å². The van der Waals surface area contributed by atoms with Crippen LogP contribution in [0, 0.1) is 13.8 Å². The summed E-state index contributed by atoms with van der Waals surface area (Å²) in [7, 11) is 1.91. The van der Waals surface area contributed by atoms with Crippen LogP contribution in [0.15, 0.2) is 23.6 Å². The van der Waals surface area contributed by atoms with Gasteiger partial charge in [0.15, 0.2) is 0 Å². The SMILES string of the molecule is CCCC(NC(=O)c1cc(-c2c(C)nn(C)c2C)n[nH]1)c1cccs1. The number of carbonyl (C=O) groups is 1. The smallest absolute Gasteiger partial charge is 0.269 e. The average molecular weight is 357 g/mol. The van der Waals surface area contributed by atoms with E-state index in [1.807, 2.05) is 37.0 Å². The van der Waals surface area contributed by atoms with Crippen molar-refractivity contribution in [2.45, 2.75) is 39.7 Å². The fourth-order valence-electron chi connectivity index (χ4n) is 3.01. The van der Waals surface area contributed by atoms with Crippen LogP contribution in [0.4, 0.5) is 0 Å². The Bertz CT molecular complexity index is 862. The minimum Gasteiger partial charge on any atom is -0.343 e. The van der Waals surface area contributed by atoms with Gasteiger partial charge in [-0.25, -0.2) is 0 Å². The molecule has 3 heterocycles. The molecule has 0 saturated carbocycles. The number of aryl methyl sites for hydroxylation is 2. The van der Waals surface area contributed by atoms with E-state index in [1.165, 1.54) is 4.88 Å². The third-order valence-corrected chi connectivity index (χ3v) is 5.34. The quantitative estimate of drug-likeness (QED) is 0.705. The molecule has 0 radical (unpaired) electrons. The van der Waals surface area contributed by atoms with Crippen LogP contribution >= 0.6 is 11.3 Å². The van der Waals surface area contributed by atoms with Gasteiger partial charge in [-0.2, -0.15) is 10.2 Å². The highest BCUT2D eigenvalue weighted by atomic mass is 32.1. The lowest BCUT2D eigenvalue weighted by Gasteiger charge is -2.16. The molecule has 0 fully saturated rings. The summed E-state index contributed by atoms with van der Waals surface area (Å²) >= 11 is 1.67. The lowest BCUT2D eigenvalue weighted by atomic mass is 10.1. The van der Waals surface area contributed by atoms with E-state index in [-0.39, 0.29) is 11.9 Å². The van der Waals surface area contributed by atoms with Crippen molar-refractivity contribution in [1.82, 2.24) is 25.3 Å². The highest BCUT2D eigenvalue weighted by Gasteiger charge is 2.20. The van der Waals surface area contributed by atoms with Gasteiger partial charge in [0.2, 0.25) is 0 Å². The Kier molecular flexibility index (Phi) is 5.03. The Balaban J connectivity index is 1.80. The van der Waals surface area contributed by atoms with E-state index in [1.54, 1.807) is 17.4 Å². The molecule has 3 aromatic rings. The standard InChI is InChI=1S/C18H23N5OS/c1-5-7-13(16-8-6-9-25-16)19-18(24)15-10-14(20-21-15)17-11(2)22-23(4)12(17)3/h6,8-10,13H,5,7H2,1-4H3,(H,19,24)(H,20,21). The number of carbonyl (C=O) groups excluding carboxylic acids is 1. The lowest BCUT2D eigenvalue weighted by molar-refractivity contribution is 0.0930. The molecule has 6 nitrogen and oxygen atoms in total. The molecule has 0 aromatic carbocycles. The molecule has 0 spiro atoms. The Morgan fingerprint density at radius 1 is 1.44 bits per heavy atom. The van der Waals surface area contributed by atoms with Crippen molar-refractivity contribution in [2.75, 3.05) is 0 Å². The first-order valence-electron chi connectivity index (χ1n) is 8.41. The Morgan fingerprint density at radius 3 is 2.84 bits per heavy atom. The van der Waals surface area contributed by atoms with Crippen molar-refractivity contribution >= 4 is 17.2 Å². The first-order valence-corrected chi connectivity index (χ1v) is 9.29. The van der Waals surface area contributed by atoms with Crippen LogP contribution in [0.1, 0.15) is 52.6 Å². The third-order valence-electron chi connectivity index (χ3n) is 4.36. The molecule has 0 aliphatic rings. The predicted molar refractivity (Wildman–Crippen MR) is 99.7 cm³/mol. The second-order valence-corrected chi connectivity index (χ2v) is 7.15. The molecule has 0 bridgehead atoms. The fourth-order valence-corrected chi connectivity index (χ4v) is 3.82. The Hall–Kier alpha value is -2.41. The number of hydrogen-bond acceptors (Lipinski definition) is 4. The molecule has 3 aromatic heterocycles. The van der Waals surface area contributed by atoms with Crippen LogP contribution in [0.5, 0.6) is 0 Å². The molecule has 132 valence electrons. The Labute approximate surface area is 151 Å². The first-order chi connectivity index (χ1) is 12.0. The molecule has 2 N–H and O–H groups in total. The van der Waals surface area contributed by atoms with E-state index >= 15 is 0 Å². The van der Waals surface area contributed by atoms with Crippen molar-refractivity contribution in [3.8, 4) is 11.3 Å². The van der Waals surface area contributed by atoms with Crippen molar-refractivity contribution in [3.63, 3.8) is 0 Å². The summed E-state index contributed by atoms with van der Waals surface area (Å²) < 4.78 is 1.83. The van der Waals surface area contributed by atoms with Crippen LogP contribution < -0.4 is 5.32 Å². The minimum absolute atomic E-state index is 0.0334. The number of amides is 1. The van der Waals surface area contributed by atoms with Gasteiger partial charge in [0.1, 0.15) is 5.69 Å². The van der Waals surface area contributed by atoms with Crippen LogP contribution in [0.25, 0.3) is 11.3 Å². The number of nitrogens with zero attached hydrogens (tertiary/aromatic N) is 3. The maximum atomic E-state index is 12.6. The average Bonchev–Trinajstić information content (AvgIpc) is 3.29. The summed E-state index contributed by atoms with van der Waals surface area (Å²) in [6.07, 6.45) is 1.92. The minimum atomic E-state index is -0.134. The van der Waals surface area contributed by atoms with Gasteiger partial charge in [-0.05, 0) is 37.8 Å². The molecular formula is C18H23N5OS. The summed E-state index contributed by atoms with van der Waals surface area (Å²) in [6.45, 7) is 6.07.